The van der Waals surface area contributed by atoms with E-state index in [0.717, 1.165) is 18.6 Å². The van der Waals surface area contributed by atoms with Gasteiger partial charge in [-0.15, -0.1) is 0 Å². The van der Waals surface area contributed by atoms with Gasteiger partial charge >= 0.3 is 0 Å². The predicted molar refractivity (Wildman–Crippen MR) is 45.1 cm³/mol. The van der Waals surface area contributed by atoms with Gasteiger partial charge in [-0.2, -0.15) is 4.79 Å². The van der Waals surface area contributed by atoms with Gasteiger partial charge in [0.25, 0.3) is 5.71 Å². The summed E-state index contributed by atoms with van der Waals surface area (Å²) in [4.78, 5) is 3.12. The van der Waals surface area contributed by atoms with Crippen LogP contribution in [-0.4, -0.2) is 10.5 Å². The number of nitrogens with zero attached hydrogens (tertiary/aromatic N) is 2. The lowest BCUT2D eigenvalue weighted by Gasteiger charge is -2.00. The van der Waals surface area contributed by atoms with Gasteiger partial charge in [0.05, 0.1) is 6.42 Å². The molecule has 0 saturated carbocycles. The summed E-state index contributed by atoms with van der Waals surface area (Å²) in [6.07, 6.45) is 9.76. The fraction of sp³-hybridized carbons (Fsp3) is 0.333. The SMILES string of the molecule is C[CH]CC1=CCC(=[N+]=[N-])C=C1. The Morgan fingerprint density at radius 2 is 2.45 bits per heavy atom. The molecule has 0 aromatic heterocycles. The third-order valence-corrected chi connectivity index (χ3v) is 1.63. The minimum absolute atomic E-state index is 0.727. The van der Waals surface area contributed by atoms with Crippen molar-refractivity contribution < 1.29 is 4.79 Å². The van der Waals surface area contributed by atoms with Crippen LogP contribution < -0.4 is 0 Å². The molecule has 1 radical (unpaired) electrons. The van der Waals surface area contributed by atoms with Gasteiger partial charge in [-0.1, -0.05) is 24.6 Å². The second-order valence-electron chi connectivity index (χ2n) is 2.52. The van der Waals surface area contributed by atoms with Crippen molar-refractivity contribution in [1.82, 2.24) is 0 Å². The molecule has 2 nitrogen and oxygen atoms in total. The Bertz CT molecular complexity index is 242. The summed E-state index contributed by atoms with van der Waals surface area (Å²) >= 11 is 0. The third kappa shape index (κ3) is 2.17. The maximum absolute atomic E-state index is 8.41. The highest BCUT2D eigenvalue weighted by Gasteiger charge is 2.06. The molecule has 0 amide bonds. The zero-order valence-corrected chi connectivity index (χ0v) is 6.62. The summed E-state index contributed by atoms with van der Waals surface area (Å²) in [6, 6.07) is 0. The van der Waals surface area contributed by atoms with Crippen molar-refractivity contribution in [3.8, 4) is 0 Å². The highest BCUT2D eigenvalue weighted by atomic mass is 14.8. The van der Waals surface area contributed by atoms with E-state index in [1.54, 1.807) is 0 Å². The first-order valence-corrected chi connectivity index (χ1v) is 3.72. The van der Waals surface area contributed by atoms with E-state index in [9.17, 15) is 0 Å². The van der Waals surface area contributed by atoms with Crippen LogP contribution in [0, 0.1) is 6.42 Å². The number of allylic oxidation sites excluding steroid dienone is 4. The van der Waals surface area contributed by atoms with Gasteiger partial charge in [0, 0.05) is 6.08 Å². The summed E-state index contributed by atoms with van der Waals surface area (Å²) in [5, 5.41) is 0. The molecule has 1 aliphatic carbocycles. The van der Waals surface area contributed by atoms with Gasteiger partial charge in [0.1, 0.15) is 0 Å². The summed E-state index contributed by atoms with van der Waals surface area (Å²) in [5.74, 6) is 0. The Morgan fingerprint density at radius 1 is 1.64 bits per heavy atom. The monoisotopic (exact) mass is 147 g/mol. The van der Waals surface area contributed by atoms with E-state index in [1.165, 1.54) is 5.57 Å². The molecule has 2 heteroatoms. The molecule has 0 spiro atoms. The van der Waals surface area contributed by atoms with Crippen LogP contribution >= 0.6 is 0 Å². The molecule has 0 atom stereocenters. The van der Waals surface area contributed by atoms with Crippen LogP contribution in [0.1, 0.15) is 19.8 Å². The van der Waals surface area contributed by atoms with Crippen LogP contribution in [0.4, 0.5) is 0 Å². The molecule has 0 aromatic rings. The van der Waals surface area contributed by atoms with Crippen LogP contribution in [0.15, 0.2) is 23.8 Å². The first-order valence-electron chi connectivity index (χ1n) is 3.72. The quantitative estimate of drug-likeness (QED) is 0.424. The van der Waals surface area contributed by atoms with Crippen molar-refractivity contribution in [3.05, 3.63) is 35.8 Å². The largest absolute Gasteiger partial charge is 0.361 e. The molecule has 0 aromatic carbocycles. The summed E-state index contributed by atoms with van der Waals surface area (Å²) < 4.78 is 0. The molecular weight excluding hydrogens is 136 g/mol. The van der Waals surface area contributed by atoms with Crippen molar-refractivity contribution in [1.29, 1.82) is 0 Å². The van der Waals surface area contributed by atoms with Gasteiger partial charge in [-0.25, -0.2) is 0 Å². The van der Waals surface area contributed by atoms with E-state index in [0.29, 0.717) is 0 Å². The van der Waals surface area contributed by atoms with Crippen molar-refractivity contribution in [3.63, 3.8) is 0 Å². The van der Waals surface area contributed by atoms with E-state index in [2.05, 4.69) is 17.3 Å². The maximum atomic E-state index is 8.41. The minimum Gasteiger partial charge on any atom is -0.361 e. The Balaban J connectivity index is 2.59. The van der Waals surface area contributed by atoms with Crippen molar-refractivity contribution >= 4 is 5.71 Å². The molecule has 0 bridgehead atoms. The van der Waals surface area contributed by atoms with Gasteiger partial charge in [-0.05, 0) is 12.8 Å². The Kier molecular flexibility index (Phi) is 2.82. The van der Waals surface area contributed by atoms with Gasteiger partial charge in [-0.3, -0.25) is 0 Å². The number of rotatable bonds is 2. The van der Waals surface area contributed by atoms with Crippen LogP contribution in [0.3, 0.4) is 0 Å². The van der Waals surface area contributed by atoms with E-state index in [-0.39, 0.29) is 0 Å². The Labute approximate surface area is 66.9 Å². The summed E-state index contributed by atoms with van der Waals surface area (Å²) in [7, 11) is 0. The fourth-order valence-corrected chi connectivity index (χ4v) is 1.04. The molecule has 0 N–H and O–H groups in total. The average molecular weight is 147 g/mol. The molecule has 57 valence electrons. The molecule has 1 aliphatic rings. The zero-order valence-electron chi connectivity index (χ0n) is 6.62. The normalized spacial score (nSPS) is 16.1. The van der Waals surface area contributed by atoms with Gasteiger partial charge < -0.3 is 5.53 Å². The number of hydrogen-bond donors (Lipinski definition) is 0. The third-order valence-electron chi connectivity index (χ3n) is 1.63. The lowest BCUT2D eigenvalue weighted by molar-refractivity contribution is -0.00541. The molecule has 0 unspecified atom stereocenters. The predicted octanol–water partition coefficient (Wildman–Crippen LogP) is 2.16. The first-order chi connectivity index (χ1) is 5.36. The van der Waals surface area contributed by atoms with Gasteiger partial charge in [0.2, 0.25) is 0 Å². The number of hydrogen-bond acceptors (Lipinski definition) is 0. The summed E-state index contributed by atoms with van der Waals surface area (Å²) in [6.45, 7) is 2.03. The lowest BCUT2D eigenvalue weighted by Crippen LogP contribution is -1.98. The zero-order chi connectivity index (χ0) is 8.10. The second kappa shape index (κ2) is 3.89. The van der Waals surface area contributed by atoms with Crippen LogP contribution in [-0.2, 0) is 0 Å². The highest BCUT2D eigenvalue weighted by Crippen LogP contribution is 2.11. The topological polar surface area (TPSA) is 36.4 Å². The molecule has 0 heterocycles. The standard InChI is InChI=1S/C9H11N2/c1-2-3-8-4-6-9(11-10)7-5-8/h2,4-6H,3,7H2,1H3. The molecule has 1 rings (SSSR count). The molecular formula is C9H11N2. The van der Waals surface area contributed by atoms with Crippen molar-refractivity contribution in [2.24, 2.45) is 0 Å². The Morgan fingerprint density at radius 3 is 2.91 bits per heavy atom. The highest BCUT2D eigenvalue weighted by molar-refractivity contribution is 5.93. The van der Waals surface area contributed by atoms with E-state index in [4.69, 9.17) is 5.53 Å². The fourth-order valence-electron chi connectivity index (χ4n) is 1.04. The maximum Gasteiger partial charge on any atom is 0.295 e. The first kappa shape index (κ1) is 7.96. The van der Waals surface area contributed by atoms with Crippen LogP contribution in [0.2, 0.25) is 0 Å². The molecule has 0 saturated heterocycles. The van der Waals surface area contributed by atoms with Crippen LogP contribution in [0.25, 0.3) is 5.53 Å². The average Bonchev–Trinajstić information content (AvgIpc) is 2.07. The smallest absolute Gasteiger partial charge is 0.295 e. The van der Waals surface area contributed by atoms with Gasteiger partial charge in [0.15, 0.2) is 0 Å². The summed E-state index contributed by atoms with van der Waals surface area (Å²) in [5.41, 5.74) is 10.4. The molecule has 11 heavy (non-hydrogen) atoms. The molecule has 0 aliphatic heterocycles. The lowest BCUT2D eigenvalue weighted by atomic mass is 10.0. The van der Waals surface area contributed by atoms with Crippen LogP contribution in [0.5, 0.6) is 0 Å². The van der Waals surface area contributed by atoms with Crippen molar-refractivity contribution in [2.75, 3.05) is 0 Å². The molecule has 0 fully saturated rings. The van der Waals surface area contributed by atoms with E-state index < -0.39 is 0 Å². The van der Waals surface area contributed by atoms with E-state index in [1.807, 2.05) is 19.1 Å². The van der Waals surface area contributed by atoms with Crippen molar-refractivity contribution in [2.45, 2.75) is 19.8 Å². The van der Waals surface area contributed by atoms with E-state index >= 15 is 0 Å². The minimum atomic E-state index is 0.727. The Hall–Kier alpha value is -1.14. The second-order valence-corrected chi connectivity index (χ2v) is 2.52.